The quantitative estimate of drug-likeness (QED) is 0.724. The Morgan fingerprint density at radius 2 is 2.50 bits per heavy atom. The van der Waals surface area contributed by atoms with Crippen molar-refractivity contribution in [2.24, 2.45) is 5.41 Å². The molecule has 0 atom stereocenters. The molecule has 1 aromatic heterocycles. The lowest BCUT2D eigenvalue weighted by Crippen LogP contribution is -2.51. The van der Waals surface area contributed by atoms with Gasteiger partial charge in [-0.2, -0.15) is 0 Å². The van der Waals surface area contributed by atoms with Crippen molar-refractivity contribution in [2.75, 3.05) is 20.3 Å². The fraction of sp³-hybridized carbons (Fsp3) is 0.500. The molecule has 2 rings (SSSR count). The van der Waals surface area contributed by atoms with Gasteiger partial charge in [0.1, 0.15) is 5.41 Å². The maximum absolute atomic E-state index is 11.5. The van der Waals surface area contributed by atoms with Gasteiger partial charge in [-0.05, 0) is 18.1 Å². The number of aromatic nitrogens is 1. The molecule has 4 nitrogen and oxygen atoms in total. The number of ether oxygens (including phenoxy) is 2. The second-order valence-electron chi connectivity index (χ2n) is 3.66. The Hall–Kier alpha value is -1.29. The molecular formula is C10H13NO3. The van der Waals surface area contributed by atoms with Gasteiger partial charge in [0.15, 0.2) is 0 Å². The summed E-state index contributed by atoms with van der Waals surface area (Å²) in [7, 11) is 1.42. The number of carbonyl (C=O) groups excluding carboxylic acids is 1. The average Bonchev–Trinajstić information content (AvgIpc) is 2.62. The third-order valence-corrected chi connectivity index (χ3v) is 2.58. The molecule has 0 radical (unpaired) electrons. The largest absolute Gasteiger partial charge is 0.468 e. The molecule has 0 aliphatic carbocycles. The summed E-state index contributed by atoms with van der Waals surface area (Å²) in [6.45, 7) is 0.926. The number of rotatable bonds is 3. The Kier molecular flexibility index (Phi) is 2.29. The third-order valence-electron chi connectivity index (χ3n) is 2.58. The van der Waals surface area contributed by atoms with Crippen LogP contribution in [-0.4, -0.2) is 31.3 Å². The number of hydrogen-bond acceptors (Lipinski definition) is 3. The van der Waals surface area contributed by atoms with Gasteiger partial charge in [-0.3, -0.25) is 4.79 Å². The van der Waals surface area contributed by atoms with E-state index in [0.29, 0.717) is 19.6 Å². The monoisotopic (exact) mass is 195 g/mol. The first kappa shape index (κ1) is 9.27. The zero-order valence-corrected chi connectivity index (χ0v) is 8.08. The summed E-state index contributed by atoms with van der Waals surface area (Å²) < 4.78 is 9.88. The molecule has 1 aliphatic rings. The first-order valence-electron chi connectivity index (χ1n) is 4.55. The van der Waals surface area contributed by atoms with E-state index in [4.69, 9.17) is 9.47 Å². The molecule has 76 valence electrons. The first-order chi connectivity index (χ1) is 6.77. The molecule has 14 heavy (non-hydrogen) atoms. The van der Waals surface area contributed by atoms with E-state index in [1.54, 1.807) is 0 Å². The van der Waals surface area contributed by atoms with Crippen LogP contribution in [0.2, 0.25) is 0 Å². The number of nitrogens with one attached hydrogen (secondary N) is 1. The van der Waals surface area contributed by atoms with Crippen LogP contribution in [0.1, 0.15) is 5.56 Å². The molecule has 1 N–H and O–H groups in total. The average molecular weight is 195 g/mol. The van der Waals surface area contributed by atoms with Crippen LogP contribution >= 0.6 is 0 Å². The molecule has 1 saturated heterocycles. The molecule has 0 aromatic carbocycles. The highest BCUT2D eigenvalue weighted by molar-refractivity contribution is 5.78. The van der Waals surface area contributed by atoms with Gasteiger partial charge >= 0.3 is 5.97 Å². The molecule has 1 fully saturated rings. The fourth-order valence-electron chi connectivity index (χ4n) is 1.72. The summed E-state index contributed by atoms with van der Waals surface area (Å²) >= 11 is 0. The lowest BCUT2D eigenvalue weighted by molar-refractivity contribution is -0.182. The van der Waals surface area contributed by atoms with Gasteiger partial charge in [0, 0.05) is 12.4 Å². The van der Waals surface area contributed by atoms with Crippen molar-refractivity contribution in [1.29, 1.82) is 0 Å². The normalized spacial score (nSPS) is 18.6. The van der Waals surface area contributed by atoms with Crippen molar-refractivity contribution >= 4 is 5.97 Å². The van der Waals surface area contributed by atoms with Crippen molar-refractivity contribution in [1.82, 2.24) is 4.98 Å². The van der Waals surface area contributed by atoms with Crippen LogP contribution in [0.15, 0.2) is 18.5 Å². The van der Waals surface area contributed by atoms with E-state index in [1.807, 2.05) is 18.5 Å². The van der Waals surface area contributed by atoms with Crippen molar-refractivity contribution < 1.29 is 14.3 Å². The smallest absolute Gasteiger partial charge is 0.316 e. The van der Waals surface area contributed by atoms with Gasteiger partial charge < -0.3 is 14.5 Å². The second kappa shape index (κ2) is 3.46. The highest BCUT2D eigenvalue weighted by Gasteiger charge is 2.47. The van der Waals surface area contributed by atoms with Crippen molar-refractivity contribution in [3.63, 3.8) is 0 Å². The molecule has 1 aliphatic heterocycles. The highest BCUT2D eigenvalue weighted by atomic mass is 16.5. The minimum Gasteiger partial charge on any atom is -0.468 e. The molecular weight excluding hydrogens is 182 g/mol. The Bertz CT molecular complexity index is 314. The Balaban J connectivity index is 2.10. The van der Waals surface area contributed by atoms with Gasteiger partial charge in [0.25, 0.3) is 0 Å². The summed E-state index contributed by atoms with van der Waals surface area (Å²) in [6.07, 6.45) is 4.42. The topological polar surface area (TPSA) is 51.3 Å². The van der Waals surface area contributed by atoms with Gasteiger partial charge in [-0.25, -0.2) is 0 Å². The van der Waals surface area contributed by atoms with E-state index in [0.717, 1.165) is 5.56 Å². The van der Waals surface area contributed by atoms with E-state index >= 15 is 0 Å². The zero-order chi connectivity index (χ0) is 10.0. The lowest BCUT2D eigenvalue weighted by Gasteiger charge is -2.38. The summed E-state index contributed by atoms with van der Waals surface area (Å²) in [5, 5.41) is 0. The Morgan fingerprint density at radius 3 is 2.93 bits per heavy atom. The Labute approximate surface area is 82.2 Å². The third kappa shape index (κ3) is 1.42. The molecule has 4 heteroatoms. The lowest BCUT2D eigenvalue weighted by atomic mass is 9.80. The molecule has 0 bridgehead atoms. The van der Waals surface area contributed by atoms with E-state index in [1.165, 1.54) is 7.11 Å². The van der Waals surface area contributed by atoms with Crippen LogP contribution in [0.4, 0.5) is 0 Å². The van der Waals surface area contributed by atoms with E-state index in [9.17, 15) is 4.79 Å². The molecule has 0 spiro atoms. The maximum atomic E-state index is 11.5. The Morgan fingerprint density at radius 1 is 1.71 bits per heavy atom. The van der Waals surface area contributed by atoms with E-state index in [2.05, 4.69) is 4.98 Å². The molecule has 1 aromatic rings. The zero-order valence-electron chi connectivity index (χ0n) is 8.08. The second-order valence-corrected chi connectivity index (χ2v) is 3.66. The molecule has 0 unspecified atom stereocenters. The minimum atomic E-state index is -0.447. The number of methoxy groups -OCH3 is 1. The number of carbonyl (C=O) groups is 1. The van der Waals surface area contributed by atoms with Crippen LogP contribution in [0.3, 0.4) is 0 Å². The van der Waals surface area contributed by atoms with Gasteiger partial charge in [0.05, 0.1) is 20.3 Å². The standard InChI is InChI=1S/C10H13NO3/c1-13-9(12)10(6-14-7-10)4-8-2-3-11-5-8/h2-3,5,11H,4,6-7H2,1H3. The number of aromatic amines is 1. The SMILES string of the molecule is COC(=O)C1(Cc2cc[nH]c2)COC1. The van der Waals surface area contributed by atoms with E-state index < -0.39 is 5.41 Å². The van der Waals surface area contributed by atoms with Crippen LogP contribution in [0, 0.1) is 5.41 Å². The van der Waals surface area contributed by atoms with Gasteiger partial charge in [-0.15, -0.1) is 0 Å². The summed E-state index contributed by atoms with van der Waals surface area (Å²) in [5.74, 6) is -0.176. The fourth-order valence-corrected chi connectivity index (χ4v) is 1.72. The predicted octanol–water partition coefficient (Wildman–Crippen LogP) is 0.747. The number of hydrogen-bond donors (Lipinski definition) is 1. The minimum absolute atomic E-state index is 0.176. The number of H-pyrrole nitrogens is 1. The van der Waals surface area contributed by atoms with Crippen molar-refractivity contribution in [3.8, 4) is 0 Å². The summed E-state index contributed by atoms with van der Waals surface area (Å²) in [5.41, 5.74) is 0.662. The van der Waals surface area contributed by atoms with Gasteiger partial charge in [-0.1, -0.05) is 0 Å². The molecule has 0 saturated carbocycles. The van der Waals surface area contributed by atoms with E-state index in [-0.39, 0.29) is 5.97 Å². The highest BCUT2D eigenvalue weighted by Crippen LogP contribution is 2.32. The summed E-state index contributed by atoms with van der Waals surface area (Å²) in [6, 6.07) is 1.96. The van der Waals surface area contributed by atoms with Crippen LogP contribution in [0.5, 0.6) is 0 Å². The maximum Gasteiger partial charge on any atom is 0.316 e. The molecule has 0 amide bonds. The van der Waals surface area contributed by atoms with Crippen molar-refractivity contribution in [2.45, 2.75) is 6.42 Å². The van der Waals surface area contributed by atoms with Crippen LogP contribution < -0.4 is 0 Å². The predicted molar refractivity (Wildman–Crippen MR) is 49.8 cm³/mol. The molecule has 2 heterocycles. The van der Waals surface area contributed by atoms with Crippen LogP contribution in [0.25, 0.3) is 0 Å². The van der Waals surface area contributed by atoms with Gasteiger partial charge in [0.2, 0.25) is 0 Å². The number of esters is 1. The summed E-state index contributed by atoms with van der Waals surface area (Å²) in [4.78, 5) is 14.5. The van der Waals surface area contributed by atoms with Crippen LogP contribution in [-0.2, 0) is 20.7 Å². The first-order valence-corrected chi connectivity index (χ1v) is 4.55. The van der Waals surface area contributed by atoms with Crippen molar-refractivity contribution in [3.05, 3.63) is 24.0 Å².